The number of imidazole rings is 1. The van der Waals surface area contributed by atoms with Crippen LogP contribution in [0.4, 0.5) is 24.7 Å². The van der Waals surface area contributed by atoms with Crippen LogP contribution in [0.3, 0.4) is 0 Å². The maximum atomic E-state index is 12.4. The fourth-order valence-corrected chi connectivity index (χ4v) is 5.39. The van der Waals surface area contributed by atoms with Crippen molar-refractivity contribution in [3.8, 4) is 11.8 Å². The van der Waals surface area contributed by atoms with Crippen molar-refractivity contribution in [1.82, 2.24) is 24.7 Å². The lowest BCUT2D eigenvalue weighted by Crippen LogP contribution is -2.48. The van der Waals surface area contributed by atoms with E-state index in [1.165, 1.54) is 18.3 Å². The van der Waals surface area contributed by atoms with Crippen molar-refractivity contribution in [3.05, 3.63) is 52.5 Å². The Balaban J connectivity index is 0.979. The van der Waals surface area contributed by atoms with Crippen molar-refractivity contribution in [2.45, 2.75) is 37.5 Å². The van der Waals surface area contributed by atoms with Crippen LogP contribution in [0.25, 0.3) is 0 Å². The normalized spacial score (nSPS) is 24.3. The van der Waals surface area contributed by atoms with Gasteiger partial charge in [-0.1, -0.05) is 0 Å². The molecule has 2 fully saturated rings. The minimum absolute atomic E-state index is 0.0236. The number of nitro groups is 1. The predicted octanol–water partition coefficient (Wildman–Crippen LogP) is 2.15. The van der Waals surface area contributed by atoms with E-state index in [4.69, 9.17) is 4.74 Å². The number of hydrogen-bond acceptors (Lipinski definition) is 10. The van der Waals surface area contributed by atoms with E-state index in [-0.39, 0.29) is 35.7 Å². The van der Waals surface area contributed by atoms with Crippen molar-refractivity contribution < 1.29 is 27.6 Å². The van der Waals surface area contributed by atoms with Gasteiger partial charge in [0.25, 0.3) is 0 Å². The predicted molar refractivity (Wildman–Crippen MR) is 129 cm³/mol. The molecule has 38 heavy (non-hydrogen) atoms. The number of fused-ring (bicyclic) bond motifs is 3. The Hall–Kier alpha value is -4.01. The Kier molecular flexibility index (Phi) is 6.01. The van der Waals surface area contributed by atoms with E-state index in [1.807, 2.05) is 11.2 Å². The largest absolute Gasteiger partial charge is 0.573 e. The number of nitrogens with zero attached hydrogens (tertiary/aromatic N) is 7. The topological polar surface area (TPSA) is 114 Å². The van der Waals surface area contributed by atoms with Crippen LogP contribution in [-0.2, 0) is 6.54 Å². The van der Waals surface area contributed by atoms with Crippen LogP contribution in [0.5, 0.6) is 11.8 Å². The zero-order chi connectivity index (χ0) is 26.4. The number of hydrogen-bond donors (Lipinski definition) is 1. The SMILES string of the molecule is O=[N+]([O-])c1cn2c(n1)OC[C@@H](NCN1C=NC(N3CC4CC3CN4c3ccc(OC(F)(F)F)cc3)=CC1)C2. The van der Waals surface area contributed by atoms with E-state index < -0.39 is 11.3 Å². The van der Waals surface area contributed by atoms with Gasteiger partial charge >= 0.3 is 18.2 Å². The summed E-state index contributed by atoms with van der Waals surface area (Å²) in [7, 11) is 0. The van der Waals surface area contributed by atoms with Gasteiger partial charge in [0.05, 0.1) is 25.1 Å². The number of alkyl halides is 3. The molecule has 0 radical (unpaired) electrons. The van der Waals surface area contributed by atoms with E-state index >= 15 is 0 Å². The first-order chi connectivity index (χ1) is 18.2. The molecule has 2 bridgehead atoms. The Morgan fingerprint density at radius 3 is 2.58 bits per heavy atom. The number of aromatic nitrogens is 2. The molecule has 0 spiro atoms. The smallest absolute Gasteiger partial charge is 0.444 e. The Bertz CT molecular complexity index is 1260. The van der Waals surface area contributed by atoms with Crippen molar-refractivity contribution in [1.29, 1.82) is 0 Å². The fraction of sp³-hybridized carbons (Fsp3) is 0.478. The van der Waals surface area contributed by atoms with Gasteiger partial charge in [0.2, 0.25) is 0 Å². The maximum Gasteiger partial charge on any atom is 0.573 e. The Labute approximate surface area is 215 Å². The van der Waals surface area contributed by atoms with Crippen molar-refractivity contribution in [2.24, 2.45) is 4.99 Å². The van der Waals surface area contributed by atoms with Gasteiger partial charge in [-0.2, -0.15) is 0 Å². The third-order valence-corrected chi connectivity index (χ3v) is 7.13. The molecule has 6 rings (SSSR count). The summed E-state index contributed by atoms with van der Waals surface area (Å²) >= 11 is 0. The molecule has 1 aromatic heterocycles. The van der Waals surface area contributed by atoms with Crippen molar-refractivity contribution in [3.63, 3.8) is 0 Å². The number of aliphatic imine (C=N–C) groups is 1. The molecule has 15 heteroatoms. The highest BCUT2D eigenvalue weighted by molar-refractivity contribution is 5.59. The monoisotopic (exact) mass is 534 g/mol. The van der Waals surface area contributed by atoms with Crippen LogP contribution in [0.1, 0.15) is 6.42 Å². The molecule has 5 heterocycles. The molecular formula is C23H25F3N8O4. The second kappa shape index (κ2) is 9.38. The first-order valence-electron chi connectivity index (χ1n) is 12.2. The molecular weight excluding hydrogens is 509 g/mol. The van der Waals surface area contributed by atoms with Gasteiger partial charge < -0.3 is 34.3 Å². The van der Waals surface area contributed by atoms with Gasteiger partial charge in [-0.15, -0.1) is 13.2 Å². The summed E-state index contributed by atoms with van der Waals surface area (Å²) in [5, 5.41) is 14.3. The number of benzene rings is 1. The Morgan fingerprint density at radius 2 is 1.92 bits per heavy atom. The molecule has 3 atom stereocenters. The van der Waals surface area contributed by atoms with Gasteiger partial charge in [-0.3, -0.25) is 9.88 Å². The van der Waals surface area contributed by atoms with E-state index in [0.717, 1.165) is 31.0 Å². The third-order valence-electron chi connectivity index (χ3n) is 7.13. The molecule has 0 amide bonds. The summed E-state index contributed by atoms with van der Waals surface area (Å²) in [6, 6.07) is 6.81. The van der Waals surface area contributed by atoms with Crippen LogP contribution in [0.15, 0.2) is 47.4 Å². The second-order valence-corrected chi connectivity index (χ2v) is 9.63. The molecule has 12 nitrogen and oxygen atoms in total. The number of nitrogens with one attached hydrogen (secondary N) is 1. The molecule has 2 aromatic rings. The standard InChI is InChI=1S/C23H25F3N8O4/c24-23(25,26)38-19-3-1-16(2-4-19)32-9-18-7-17(32)10-33(18)20-5-6-30(14-28-20)13-27-15-8-31-11-21(34(35)36)29-22(31)37-12-15/h1-5,11,14-15,17-18,27H,6-10,12-13H2/t15-,17?,18?/m0/s1. The number of rotatable bonds is 7. The highest BCUT2D eigenvalue weighted by Crippen LogP contribution is 2.38. The maximum absolute atomic E-state index is 12.4. The summed E-state index contributed by atoms with van der Waals surface area (Å²) in [5.41, 5.74) is 0.883. The highest BCUT2D eigenvalue weighted by Gasteiger charge is 2.44. The van der Waals surface area contributed by atoms with Crippen molar-refractivity contribution >= 4 is 17.8 Å². The van der Waals surface area contributed by atoms with E-state index in [2.05, 4.69) is 35.9 Å². The quantitative estimate of drug-likeness (QED) is 0.422. The molecule has 1 aromatic carbocycles. The van der Waals surface area contributed by atoms with E-state index in [0.29, 0.717) is 26.4 Å². The summed E-state index contributed by atoms with van der Waals surface area (Å²) < 4.78 is 48.4. The van der Waals surface area contributed by atoms with Crippen LogP contribution < -0.4 is 19.7 Å². The molecule has 202 valence electrons. The van der Waals surface area contributed by atoms with Gasteiger partial charge in [-0.25, -0.2) is 4.99 Å². The van der Waals surface area contributed by atoms with Crippen LogP contribution in [0, 0.1) is 10.1 Å². The average molecular weight is 534 g/mol. The highest BCUT2D eigenvalue weighted by atomic mass is 19.4. The summed E-state index contributed by atoms with van der Waals surface area (Å²) in [6.07, 6.45) is 1.54. The molecule has 4 aliphatic heterocycles. The number of ether oxygens (including phenoxy) is 2. The summed E-state index contributed by atoms with van der Waals surface area (Å²) in [5.74, 6) is 0.479. The molecule has 2 unspecified atom stereocenters. The molecule has 0 aliphatic carbocycles. The second-order valence-electron chi connectivity index (χ2n) is 9.63. The first kappa shape index (κ1) is 24.3. The first-order valence-corrected chi connectivity index (χ1v) is 12.2. The summed E-state index contributed by atoms with van der Waals surface area (Å²) in [4.78, 5) is 25.5. The van der Waals surface area contributed by atoms with Gasteiger partial charge in [0, 0.05) is 42.9 Å². The summed E-state index contributed by atoms with van der Waals surface area (Å²) in [6.45, 7) is 3.68. The zero-order valence-electron chi connectivity index (χ0n) is 20.1. The zero-order valence-corrected chi connectivity index (χ0v) is 20.1. The van der Waals surface area contributed by atoms with E-state index in [1.54, 1.807) is 16.7 Å². The minimum Gasteiger partial charge on any atom is -0.444 e. The fourth-order valence-electron chi connectivity index (χ4n) is 5.39. The number of likely N-dealkylation sites (tertiary alicyclic amines) is 1. The van der Waals surface area contributed by atoms with Crippen LogP contribution in [0.2, 0.25) is 0 Å². The van der Waals surface area contributed by atoms with Crippen LogP contribution in [-0.4, -0.2) is 88.0 Å². The molecule has 2 saturated heterocycles. The average Bonchev–Trinajstić information content (AvgIpc) is 3.61. The van der Waals surface area contributed by atoms with Gasteiger partial charge in [0.1, 0.15) is 24.4 Å². The lowest BCUT2D eigenvalue weighted by atomic mass is 10.2. The lowest BCUT2D eigenvalue weighted by Gasteiger charge is -2.38. The van der Waals surface area contributed by atoms with Crippen molar-refractivity contribution in [2.75, 3.05) is 37.8 Å². The molecule has 0 saturated carbocycles. The van der Waals surface area contributed by atoms with Gasteiger partial charge in [0.15, 0.2) is 0 Å². The van der Waals surface area contributed by atoms with Crippen LogP contribution >= 0.6 is 0 Å². The number of piperazine rings is 1. The lowest BCUT2D eigenvalue weighted by molar-refractivity contribution is -0.389. The third kappa shape index (κ3) is 4.92. The molecule has 1 N–H and O–H groups in total. The van der Waals surface area contributed by atoms with Gasteiger partial charge in [-0.05, 0) is 41.7 Å². The Morgan fingerprint density at radius 1 is 1.16 bits per heavy atom. The number of halogens is 3. The molecule has 4 aliphatic rings. The number of anilines is 1. The minimum atomic E-state index is -4.70. The van der Waals surface area contributed by atoms with E-state index in [9.17, 15) is 23.3 Å².